The summed E-state index contributed by atoms with van der Waals surface area (Å²) >= 11 is 0. The van der Waals surface area contributed by atoms with E-state index in [0.29, 0.717) is 17.7 Å². The molecule has 0 aliphatic carbocycles. The van der Waals surface area contributed by atoms with Crippen LogP contribution in [0, 0.1) is 0 Å². The fourth-order valence-corrected chi connectivity index (χ4v) is 2.90. The molecule has 0 bridgehead atoms. The number of esters is 1. The number of benzene rings is 2. The lowest BCUT2D eigenvalue weighted by molar-refractivity contribution is 0.0577. The molecule has 1 heterocycles. The van der Waals surface area contributed by atoms with Gasteiger partial charge >= 0.3 is 5.97 Å². The van der Waals surface area contributed by atoms with Gasteiger partial charge < -0.3 is 18.9 Å². The maximum absolute atomic E-state index is 12.5. The molecule has 0 spiro atoms. The predicted octanol–water partition coefficient (Wildman–Crippen LogP) is 3.80. The molecule has 7 heteroatoms. The Morgan fingerprint density at radius 2 is 1.92 bits per heavy atom. The molecule has 0 amide bonds. The zero-order valence-corrected chi connectivity index (χ0v) is 14.3. The Hall–Kier alpha value is -2.83. The van der Waals surface area contributed by atoms with Gasteiger partial charge in [0.2, 0.25) is 0 Å². The number of alkyl halides is 2. The van der Waals surface area contributed by atoms with Gasteiger partial charge in [0, 0.05) is 12.0 Å². The first-order valence-corrected chi connectivity index (χ1v) is 7.99. The molecule has 0 N–H and O–H groups in total. The van der Waals surface area contributed by atoms with E-state index in [0.717, 1.165) is 11.3 Å². The number of methoxy groups -OCH3 is 2. The molecule has 26 heavy (non-hydrogen) atoms. The van der Waals surface area contributed by atoms with Crippen molar-refractivity contribution in [2.24, 2.45) is 0 Å². The predicted molar refractivity (Wildman–Crippen MR) is 89.3 cm³/mol. The van der Waals surface area contributed by atoms with Crippen molar-refractivity contribution in [2.45, 2.75) is 19.0 Å². The van der Waals surface area contributed by atoms with Gasteiger partial charge in [-0.1, -0.05) is 12.1 Å². The van der Waals surface area contributed by atoms with Crippen LogP contribution in [0.3, 0.4) is 0 Å². The van der Waals surface area contributed by atoms with Crippen LogP contribution >= 0.6 is 0 Å². The highest BCUT2D eigenvalue weighted by Crippen LogP contribution is 2.42. The van der Waals surface area contributed by atoms with Gasteiger partial charge in [-0.15, -0.1) is 0 Å². The summed E-state index contributed by atoms with van der Waals surface area (Å²) in [6.45, 7) is -0.800. The summed E-state index contributed by atoms with van der Waals surface area (Å²) in [4.78, 5) is 12.2. The van der Waals surface area contributed by atoms with Gasteiger partial charge in [-0.2, -0.15) is 0 Å². The second-order valence-electron chi connectivity index (χ2n) is 5.69. The molecule has 0 aromatic heterocycles. The Bertz CT molecular complexity index is 789. The topological polar surface area (TPSA) is 54.0 Å². The van der Waals surface area contributed by atoms with Gasteiger partial charge in [-0.05, 0) is 29.8 Å². The van der Waals surface area contributed by atoms with Crippen LogP contribution in [0.4, 0.5) is 8.78 Å². The smallest absolute Gasteiger partial charge is 0.342 e. The van der Waals surface area contributed by atoms with Crippen molar-refractivity contribution in [3.63, 3.8) is 0 Å². The number of rotatable bonds is 6. The molecule has 0 fully saturated rings. The minimum atomic E-state index is -2.64. The van der Waals surface area contributed by atoms with Gasteiger partial charge in [0.15, 0.2) is 0 Å². The second-order valence-corrected chi connectivity index (χ2v) is 5.69. The third kappa shape index (κ3) is 3.56. The molecule has 3 rings (SSSR count). The zero-order valence-electron chi connectivity index (χ0n) is 14.3. The number of halogens is 2. The number of hydrogen-bond acceptors (Lipinski definition) is 5. The first-order valence-electron chi connectivity index (χ1n) is 7.99. The third-order valence-corrected chi connectivity index (χ3v) is 4.13. The molecule has 2 aromatic rings. The molecule has 1 atom stereocenters. The monoisotopic (exact) mass is 364 g/mol. The molecule has 0 saturated heterocycles. The number of hydrogen-bond donors (Lipinski definition) is 0. The summed E-state index contributed by atoms with van der Waals surface area (Å²) < 4.78 is 45.9. The minimum Gasteiger partial charge on any atom is -0.497 e. The molecule has 5 nitrogen and oxygen atoms in total. The minimum absolute atomic E-state index is 0.0647. The highest BCUT2D eigenvalue weighted by molar-refractivity contribution is 5.95. The molecule has 0 saturated carbocycles. The molecule has 2 aromatic carbocycles. The van der Waals surface area contributed by atoms with E-state index in [9.17, 15) is 13.6 Å². The van der Waals surface area contributed by atoms with Gasteiger partial charge in [0.25, 0.3) is 6.43 Å². The zero-order chi connectivity index (χ0) is 18.7. The van der Waals surface area contributed by atoms with Gasteiger partial charge in [0.05, 0.1) is 14.2 Å². The Labute approximate surface area is 149 Å². The molecule has 1 aliphatic rings. The normalized spacial score (nSPS) is 15.3. The quantitative estimate of drug-likeness (QED) is 0.730. The lowest BCUT2D eigenvalue weighted by Gasteiger charge is -2.12. The fraction of sp³-hybridized carbons (Fsp3) is 0.316. The van der Waals surface area contributed by atoms with Gasteiger partial charge in [-0.25, -0.2) is 13.6 Å². The number of carbonyl (C=O) groups is 1. The van der Waals surface area contributed by atoms with Crippen molar-refractivity contribution < 1.29 is 32.5 Å². The Balaban J connectivity index is 1.91. The summed E-state index contributed by atoms with van der Waals surface area (Å²) in [7, 11) is 2.82. The molecular formula is C19H18F2O5. The lowest BCUT2D eigenvalue weighted by Crippen LogP contribution is -2.13. The number of carbonyl (C=O) groups excluding carboxylic acids is 1. The highest BCUT2D eigenvalue weighted by atomic mass is 19.3. The van der Waals surface area contributed by atoms with Gasteiger partial charge in [-0.3, -0.25) is 0 Å². The first-order chi connectivity index (χ1) is 12.5. The van der Waals surface area contributed by atoms with E-state index in [2.05, 4.69) is 0 Å². The van der Waals surface area contributed by atoms with Crippen LogP contribution in [0.15, 0.2) is 36.4 Å². The molecule has 1 unspecified atom stereocenters. The van der Waals surface area contributed by atoms with E-state index >= 15 is 0 Å². The van der Waals surface area contributed by atoms with Crippen molar-refractivity contribution in [3.8, 4) is 17.2 Å². The van der Waals surface area contributed by atoms with Crippen molar-refractivity contribution in [3.05, 3.63) is 53.1 Å². The van der Waals surface area contributed by atoms with E-state index in [1.807, 2.05) is 24.3 Å². The third-order valence-electron chi connectivity index (χ3n) is 4.13. The first kappa shape index (κ1) is 18.0. The van der Waals surface area contributed by atoms with Crippen molar-refractivity contribution in [1.82, 2.24) is 0 Å². The van der Waals surface area contributed by atoms with Crippen LogP contribution in [0.2, 0.25) is 0 Å². The second kappa shape index (κ2) is 7.59. The Morgan fingerprint density at radius 1 is 1.19 bits per heavy atom. The van der Waals surface area contributed by atoms with Crippen LogP contribution < -0.4 is 14.2 Å². The average Bonchev–Trinajstić information content (AvgIpc) is 3.09. The largest absolute Gasteiger partial charge is 0.497 e. The number of ether oxygens (including phenoxy) is 4. The number of fused-ring (bicyclic) bond motifs is 1. The van der Waals surface area contributed by atoms with Gasteiger partial charge in [0.1, 0.15) is 35.5 Å². The average molecular weight is 364 g/mol. The fourth-order valence-electron chi connectivity index (χ4n) is 2.90. The van der Waals surface area contributed by atoms with Crippen molar-refractivity contribution >= 4 is 5.97 Å². The summed E-state index contributed by atoms with van der Waals surface area (Å²) in [5, 5.41) is 0. The van der Waals surface area contributed by atoms with Crippen molar-refractivity contribution in [1.29, 1.82) is 0 Å². The summed E-state index contributed by atoms with van der Waals surface area (Å²) in [6, 6.07) is 10.5. The summed E-state index contributed by atoms with van der Waals surface area (Å²) in [5.41, 5.74) is 1.62. The highest BCUT2D eigenvalue weighted by Gasteiger charge is 2.32. The van der Waals surface area contributed by atoms with E-state index in [1.165, 1.54) is 13.2 Å². The maximum Gasteiger partial charge on any atom is 0.342 e. The van der Waals surface area contributed by atoms with Crippen LogP contribution in [0.1, 0.15) is 27.6 Å². The van der Waals surface area contributed by atoms with Crippen LogP contribution in [-0.2, 0) is 11.2 Å². The van der Waals surface area contributed by atoms with E-state index in [4.69, 9.17) is 18.9 Å². The van der Waals surface area contributed by atoms with E-state index in [-0.39, 0.29) is 17.4 Å². The van der Waals surface area contributed by atoms with Crippen LogP contribution in [0.5, 0.6) is 17.2 Å². The molecule has 138 valence electrons. The standard InChI is InChI=1S/C19H18F2O5/c1-23-12-5-3-11(4-6-12)16-9-13-14(26-16)7-8-15(25-10-17(20)21)18(13)19(22)24-2/h3-8,16-17H,9-10H2,1-2H3. The van der Waals surface area contributed by atoms with Crippen molar-refractivity contribution in [2.75, 3.05) is 20.8 Å². The maximum atomic E-state index is 12.5. The molecular weight excluding hydrogens is 346 g/mol. The summed E-state index contributed by atoms with van der Waals surface area (Å²) in [5.74, 6) is 0.651. The van der Waals surface area contributed by atoms with E-state index in [1.54, 1.807) is 13.2 Å². The SMILES string of the molecule is COC(=O)c1c(OCC(F)F)ccc2c1CC(c1ccc(OC)cc1)O2. The van der Waals surface area contributed by atoms with Crippen LogP contribution in [-0.4, -0.2) is 33.2 Å². The Kier molecular flexibility index (Phi) is 5.25. The van der Waals surface area contributed by atoms with E-state index < -0.39 is 19.0 Å². The molecule has 1 aliphatic heterocycles. The Morgan fingerprint density at radius 3 is 2.54 bits per heavy atom. The summed E-state index contributed by atoms with van der Waals surface area (Å²) in [6.07, 6.45) is -2.54. The molecule has 0 radical (unpaired) electrons. The lowest BCUT2D eigenvalue weighted by atomic mass is 9.98. The van der Waals surface area contributed by atoms with Crippen LogP contribution in [0.25, 0.3) is 0 Å².